The van der Waals surface area contributed by atoms with Gasteiger partial charge in [-0.1, -0.05) is 11.6 Å². The Bertz CT molecular complexity index is 780. The van der Waals surface area contributed by atoms with E-state index in [1.807, 2.05) is 0 Å². The number of ether oxygens (including phenoxy) is 1. The van der Waals surface area contributed by atoms with E-state index in [-0.39, 0.29) is 29.7 Å². The lowest BCUT2D eigenvalue weighted by Gasteiger charge is -2.28. The number of amides is 1. The average molecular weight is 406 g/mol. The molecule has 2 aromatic rings. The lowest BCUT2D eigenvalue weighted by atomic mass is 10.2. The van der Waals surface area contributed by atoms with Crippen molar-refractivity contribution in [3.63, 3.8) is 0 Å². The lowest BCUT2D eigenvalue weighted by molar-refractivity contribution is -0.137. The Labute approximate surface area is 157 Å². The molecule has 0 aliphatic carbocycles. The van der Waals surface area contributed by atoms with Gasteiger partial charge in [0.1, 0.15) is 23.1 Å². The van der Waals surface area contributed by atoms with Crippen LogP contribution in [-0.4, -0.2) is 40.0 Å². The van der Waals surface area contributed by atoms with E-state index in [9.17, 15) is 22.4 Å². The third kappa shape index (κ3) is 5.06. The van der Waals surface area contributed by atoms with Crippen LogP contribution in [-0.2, 0) is 6.18 Å². The standard InChI is InChI=1S/C17H16ClF4N3O2/c1-3-25(16(26)14-12(19)6-7-23-15(14)18)10(2)9-27-13-5-4-11(8-24-13)17(20,21)22/h4-8,10H,3,9H2,1-2H3. The van der Waals surface area contributed by atoms with Gasteiger partial charge in [0.15, 0.2) is 0 Å². The number of hydrogen-bond donors (Lipinski definition) is 0. The second-order valence-electron chi connectivity index (χ2n) is 5.59. The van der Waals surface area contributed by atoms with Crippen molar-refractivity contribution in [3.05, 3.63) is 52.7 Å². The predicted octanol–water partition coefficient (Wildman–Crippen LogP) is 4.22. The number of rotatable bonds is 6. The van der Waals surface area contributed by atoms with Gasteiger partial charge < -0.3 is 9.64 Å². The van der Waals surface area contributed by atoms with Gasteiger partial charge in [-0.25, -0.2) is 14.4 Å². The highest BCUT2D eigenvalue weighted by Gasteiger charge is 2.31. The molecule has 2 aromatic heterocycles. The molecule has 0 bridgehead atoms. The quantitative estimate of drug-likeness (QED) is 0.533. The first kappa shape index (κ1) is 20.9. The topological polar surface area (TPSA) is 55.3 Å². The molecule has 2 heterocycles. The van der Waals surface area contributed by atoms with E-state index >= 15 is 0 Å². The minimum atomic E-state index is -4.49. The normalized spacial score (nSPS) is 12.6. The molecular formula is C17H16ClF4N3O2. The van der Waals surface area contributed by atoms with Gasteiger partial charge in [0.25, 0.3) is 5.91 Å². The lowest BCUT2D eigenvalue weighted by Crippen LogP contribution is -2.42. The summed E-state index contributed by atoms with van der Waals surface area (Å²) in [4.78, 5) is 21.2. The van der Waals surface area contributed by atoms with Crippen molar-refractivity contribution in [1.82, 2.24) is 14.9 Å². The third-order valence-electron chi connectivity index (χ3n) is 3.74. The van der Waals surface area contributed by atoms with Gasteiger partial charge >= 0.3 is 6.18 Å². The molecule has 0 aliphatic heterocycles. The van der Waals surface area contributed by atoms with Crippen molar-refractivity contribution < 1.29 is 27.1 Å². The Morgan fingerprint density at radius 3 is 2.52 bits per heavy atom. The Morgan fingerprint density at radius 2 is 2.00 bits per heavy atom. The molecule has 10 heteroatoms. The molecule has 0 saturated carbocycles. The highest BCUT2D eigenvalue weighted by Crippen LogP contribution is 2.29. The van der Waals surface area contributed by atoms with Crippen molar-refractivity contribution in [3.8, 4) is 5.88 Å². The molecule has 5 nitrogen and oxygen atoms in total. The van der Waals surface area contributed by atoms with E-state index in [2.05, 4.69) is 9.97 Å². The molecule has 0 N–H and O–H groups in total. The van der Waals surface area contributed by atoms with Crippen LogP contribution in [0, 0.1) is 5.82 Å². The predicted molar refractivity (Wildman–Crippen MR) is 90.1 cm³/mol. The molecule has 0 spiro atoms. The van der Waals surface area contributed by atoms with Crippen LogP contribution in [0.2, 0.25) is 5.15 Å². The second-order valence-corrected chi connectivity index (χ2v) is 5.95. The smallest absolute Gasteiger partial charge is 0.417 e. The van der Waals surface area contributed by atoms with Crippen LogP contribution in [0.4, 0.5) is 17.6 Å². The Hall–Kier alpha value is -2.42. The van der Waals surface area contributed by atoms with Gasteiger partial charge in [0.05, 0.1) is 11.6 Å². The Kier molecular flexibility index (Phi) is 6.59. The minimum absolute atomic E-state index is 0.0241. The summed E-state index contributed by atoms with van der Waals surface area (Å²) in [6, 6.07) is 2.44. The molecule has 2 rings (SSSR count). The zero-order chi connectivity index (χ0) is 20.2. The van der Waals surface area contributed by atoms with Gasteiger partial charge in [-0.05, 0) is 26.0 Å². The first-order valence-electron chi connectivity index (χ1n) is 7.92. The van der Waals surface area contributed by atoms with Crippen LogP contribution < -0.4 is 4.74 Å². The number of carbonyl (C=O) groups is 1. The molecule has 27 heavy (non-hydrogen) atoms. The number of nitrogens with zero attached hydrogens (tertiary/aromatic N) is 3. The Balaban J connectivity index is 2.07. The van der Waals surface area contributed by atoms with Crippen molar-refractivity contribution in [2.24, 2.45) is 0 Å². The van der Waals surface area contributed by atoms with Crippen LogP contribution >= 0.6 is 11.6 Å². The van der Waals surface area contributed by atoms with E-state index in [4.69, 9.17) is 16.3 Å². The summed E-state index contributed by atoms with van der Waals surface area (Å²) in [6.45, 7) is 3.51. The van der Waals surface area contributed by atoms with Crippen molar-refractivity contribution >= 4 is 17.5 Å². The van der Waals surface area contributed by atoms with Gasteiger partial charge in [-0.15, -0.1) is 0 Å². The van der Waals surface area contributed by atoms with Gasteiger partial charge in [0, 0.05) is 25.0 Å². The summed E-state index contributed by atoms with van der Waals surface area (Å²) < 4.78 is 56.9. The monoisotopic (exact) mass is 405 g/mol. The zero-order valence-electron chi connectivity index (χ0n) is 14.4. The van der Waals surface area contributed by atoms with Gasteiger partial charge in [-0.3, -0.25) is 4.79 Å². The first-order chi connectivity index (χ1) is 12.6. The van der Waals surface area contributed by atoms with Crippen LogP contribution in [0.5, 0.6) is 5.88 Å². The number of halogens is 5. The van der Waals surface area contributed by atoms with Crippen LogP contribution in [0.3, 0.4) is 0 Å². The number of aromatic nitrogens is 2. The molecule has 1 unspecified atom stereocenters. The highest BCUT2D eigenvalue weighted by atomic mass is 35.5. The van der Waals surface area contributed by atoms with Crippen molar-refractivity contribution in [1.29, 1.82) is 0 Å². The SMILES string of the molecule is CCN(C(=O)c1c(F)ccnc1Cl)C(C)COc1ccc(C(F)(F)F)cn1. The fourth-order valence-electron chi connectivity index (χ4n) is 2.33. The molecule has 0 aromatic carbocycles. The van der Waals surface area contributed by atoms with E-state index < -0.39 is 29.5 Å². The number of alkyl halides is 3. The fraction of sp³-hybridized carbons (Fsp3) is 0.353. The maximum atomic E-state index is 13.9. The van der Waals surface area contributed by atoms with Crippen molar-refractivity contribution in [2.75, 3.05) is 13.2 Å². The third-order valence-corrected chi connectivity index (χ3v) is 4.02. The van der Waals surface area contributed by atoms with Crippen LogP contribution in [0.1, 0.15) is 29.8 Å². The molecule has 0 fully saturated rings. The van der Waals surface area contributed by atoms with Gasteiger partial charge in [-0.2, -0.15) is 13.2 Å². The summed E-state index contributed by atoms with van der Waals surface area (Å²) in [5.41, 5.74) is -1.24. The number of carbonyl (C=O) groups excluding carboxylic acids is 1. The summed E-state index contributed by atoms with van der Waals surface area (Å²) in [5, 5.41) is -0.254. The molecule has 0 radical (unpaired) electrons. The molecule has 0 aliphatic rings. The molecule has 0 saturated heterocycles. The summed E-state index contributed by atoms with van der Waals surface area (Å²) in [6.07, 6.45) is -2.68. The zero-order valence-corrected chi connectivity index (χ0v) is 15.2. The number of likely N-dealkylation sites (N-methyl/N-ethyl adjacent to an activating group) is 1. The average Bonchev–Trinajstić information content (AvgIpc) is 2.60. The summed E-state index contributed by atoms with van der Waals surface area (Å²) >= 11 is 5.82. The largest absolute Gasteiger partial charge is 0.475 e. The Morgan fingerprint density at radius 1 is 1.30 bits per heavy atom. The molecular weight excluding hydrogens is 390 g/mol. The highest BCUT2D eigenvalue weighted by molar-refractivity contribution is 6.32. The first-order valence-corrected chi connectivity index (χ1v) is 8.30. The second kappa shape index (κ2) is 8.51. The number of pyridine rings is 2. The van der Waals surface area contributed by atoms with Crippen LogP contribution in [0.25, 0.3) is 0 Å². The summed E-state index contributed by atoms with van der Waals surface area (Å²) in [5.74, 6) is -1.48. The van der Waals surface area contributed by atoms with E-state index in [0.717, 1.165) is 24.4 Å². The van der Waals surface area contributed by atoms with E-state index in [1.165, 1.54) is 4.90 Å². The molecule has 146 valence electrons. The van der Waals surface area contributed by atoms with Crippen molar-refractivity contribution in [2.45, 2.75) is 26.1 Å². The maximum Gasteiger partial charge on any atom is 0.417 e. The van der Waals surface area contributed by atoms with Crippen LogP contribution in [0.15, 0.2) is 30.6 Å². The number of hydrogen-bond acceptors (Lipinski definition) is 4. The molecule has 1 amide bonds. The van der Waals surface area contributed by atoms with Gasteiger partial charge in [0.2, 0.25) is 5.88 Å². The molecule has 1 atom stereocenters. The maximum absolute atomic E-state index is 13.9. The van der Waals surface area contributed by atoms with E-state index in [0.29, 0.717) is 6.20 Å². The van der Waals surface area contributed by atoms with E-state index in [1.54, 1.807) is 13.8 Å². The minimum Gasteiger partial charge on any atom is -0.475 e. The summed E-state index contributed by atoms with van der Waals surface area (Å²) in [7, 11) is 0. The fourth-order valence-corrected chi connectivity index (χ4v) is 2.56.